The molecule has 0 unspecified atom stereocenters. The second kappa shape index (κ2) is 8.46. The average molecular weight is 325 g/mol. The van der Waals surface area contributed by atoms with Crippen molar-refractivity contribution in [2.24, 2.45) is 0 Å². The van der Waals surface area contributed by atoms with Crippen LogP contribution in [-0.4, -0.2) is 13.1 Å². The second-order valence-electron chi connectivity index (χ2n) is 7.54. The van der Waals surface area contributed by atoms with E-state index in [1.807, 2.05) is 0 Å². The summed E-state index contributed by atoms with van der Waals surface area (Å²) in [6.07, 6.45) is 2.35. The maximum atomic E-state index is 3.68. The predicted molar refractivity (Wildman–Crippen MR) is 104 cm³/mol. The van der Waals surface area contributed by atoms with Gasteiger partial charge in [0.05, 0.1) is 0 Å². The Morgan fingerprint density at radius 3 is 1.25 bits per heavy atom. The second-order valence-corrected chi connectivity index (χ2v) is 7.54. The van der Waals surface area contributed by atoms with Crippen molar-refractivity contribution in [3.63, 3.8) is 0 Å². The van der Waals surface area contributed by atoms with Crippen LogP contribution in [-0.2, 0) is 11.1 Å². The van der Waals surface area contributed by atoms with E-state index in [1.165, 1.54) is 24.0 Å². The van der Waals surface area contributed by atoms with Gasteiger partial charge in [0.25, 0.3) is 0 Å². The molecule has 2 aromatic carbocycles. The van der Waals surface area contributed by atoms with E-state index in [2.05, 4.69) is 99.0 Å². The molecule has 0 saturated carbocycles. The lowest BCUT2D eigenvalue weighted by molar-refractivity contribution is 0.375. The molecular weight excluding hydrogens is 292 g/mol. The molecule has 0 spiro atoms. The molecule has 0 bridgehead atoms. The third kappa shape index (κ3) is 5.47. The Hall–Kier alpha value is -1.64. The van der Waals surface area contributed by atoms with Gasteiger partial charge in [0.1, 0.15) is 0 Å². The van der Waals surface area contributed by atoms with Crippen LogP contribution in [0.1, 0.15) is 51.7 Å². The molecule has 24 heavy (non-hydrogen) atoms. The first-order chi connectivity index (χ1) is 11.4. The monoisotopic (exact) mass is 324 g/mol. The molecule has 130 valence electrons. The zero-order valence-electron chi connectivity index (χ0n) is 15.6. The highest BCUT2D eigenvalue weighted by molar-refractivity contribution is 5.23. The van der Waals surface area contributed by atoms with Crippen molar-refractivity contribution in [3.8, 4) is 0 Å². The quantitative estimate of drug-likeness (QED) is 0.646. The van der Waals surface area contributed by atoms with Crippen LogP contribution in [0.4, 0.5) is 0 Å². The number of unbranched alkanes of at least 4 members (excludes halogenated alkanes) is 1. The summed E-state index contributed by atoms with van der Waals surface area (Å²) in [5.41, 5.74) is 2.73. The highest BCUT2D eigenvalue weighted by Gasteiger charge is 2.20. The largest absolute Gasteiger partial charge is 0.308 e. The Morgan fingerprint density at radius 2 is 0.917 bits per heavy atom. The van der Waals surface area contributed by atoms with E-state index in [0.717, 1.165) is 13.1 Å². The van der Waals surface area contributed by atoms with Gasteiger partial charge < -0.3 is 10.6 Å². The van der Waals surface area contributed by atoms with E-state index < -0.39 is 0 Å². The summed E-state index contributed by atoms with van der Waals surface area (Å²) in [7, 11) is 0. The predicted octanol–water partition coefficient (Wildman–Crippen LogP) is 4.82. The van der Waals surface area contributed by atoms with Crippen molar-refractivity contribution in [3.05, 3.63) is 71.8 Å². The molecule has 0 radical (unpaired) electrons. The van der Waals surface area contributed by atoms with Crippen LogP contribution in [0.5, 0.6) is 0 Å². The zero-order chi connectivity index (χ0) is 17.5. The van der Waals surface area contributed by atoms with E-state index >= 15 is 0 Å². The third-order valence-corrected chi connectivity index (χ3v) is 4.73. The Labute approximate surface area is 147 Å². The minimum absolute atomic E-state index is 0.0258. The minimum atomic E-state index is 0.0258. The fourth-order valence-electron chi connectivity index (χ4n) is 2.97. The molecule has 0 aliphatic rings. The lowest BCUT2D eigenvalue weighted by Crippen LogP contribution is -2.38. The summed E-state index contributed by atoms with van der Waals surface area (Å²) < 4.78 is 0. The van der Waals surface area contributed by atoms with Gasteiger partial charge in [-0.3, -0.25) is 0 Å². The van der Waals surface area contributed by atoms with Crippen LogP contribution in [0.2, 0.25) is 0 Å². The molecule has 0 atom stereocenters. The van der Waals surface area contributed by atoms with E-state index in [1.54, 1.807) is 0 Å². The molecule has 2 rings (SSSR count). The van der Waals surface area contributed by atoms with Crippen molar-refractivity contribution >= 4 is 0 Å². The number of hydrogen-bond donors (Lipinski definition) is 2. The van der Waals surface area contributed by atoms with Gasteiger partial charge in [-0.25, -0.2) is 0 Å². The minimum Gasteiger partial charge on any atom is -0.308 e. The summed E-state index contributed by atoms with van der Waals surface area (Å²) in [5, 5.41) is 7.35. The maximum absolute atomic E-state index is 3.68. The van der Waals surface area contributed by atoms with Crippen LogP contribution in [0.25, 0.3) is 0 Å². The molecule has 2 aromatic rings. The van der Waals surface area contributed by atoms with E-state index in [-0.39, 0.29) is 11.1 Å². The Balaban J connectivity index is 1.68. The SMILES string of the molecule is CC(C)(NCCCCNC(C)(C)c1ccccc1)c1ccccc1. The van der Waals surface area contributed by atoms with Crippen LogP contribution < -0.4 is 10.6 Å². The van der Waals surface area contributed by atoms with Crippen LogP contribution in [0.15, 0.2) is 60.7 Å². The number of hydrogen-bond acceptors (Lipinski definition) is 2. The molecule has 2 heteroatoms. The molecule has 0 saturated heterocycles. The van der Waals surface area contributed by atoms with Crippen molar-refractivity contribution in [1.29, 1.82) is 0 Å². The molecule has 0 fully saturated rings. The Morgan fingerprint density at radius 1 is 0.583 bits per heavy atom. The lowest BCUT2D eigenvalue weighted by atomic mass is 9.94. The van der Waals surface area contributed by atoms with Gasteiger partial charge >= 0.3 is 0 Å². The molecule has 2 nitrogen and oxygen atoms in total. The molecule has 0 aliphatic carbocycles. The summed E-state index contributed by atoms with van der Waals surface area (Å²) in [6.45, 7) is 11.1. The third-order valence-electron chi connectivity index (χ3n) is 4.73. The van der Waals surface area contributed by atoms with Gasteiger partial charge in [0.2, 0.25) is 0 Å². The summed E-state index contributed by atoms with van der Waals surface area (Å²) in [6, 6.07) is 21.3. The van der Waals surface area contributed by atoms with Crippen molar-refractivity contribution in [2.45, 2.75) is 51.6 Å². The lowest BCUT2D eigenvalue weighted by Gasteiger charge is -2.28. The first-order valence-corrected chi connectivity index (χ1v) is 9.03. The normalized spacial score (nSPS) is 12.3. The van der Waals surface area contributed by atoms with Gasteiger partial charge in [-0.05, 0) is 64.8 Å². The van der Waals surface area contributed by atoms with Crippen molar-refractivity contribution < 1.29 is 0 Å². The van der Waals surface area contributed by atoms with Gasteiger partial charge in [0.15, 0.2) is 0 Å². The van der Waals surface area contributed by atoms with E-state index in [0.29, 0.717) is 0 Å². The van der Waals surface area contributed by atoms with Gasteiger partial charge in [-0.2, -0.15) is 0 Å². The smallest absolute Gasteiger partial charge is 0.0377 e. The summed E-state index contributed by atoms with van der Waals surface area (Å²) in [4.78, 5) is 0. The van der Waals surface area contributed by atoms with Crippen LogP contribution in [0.3, 0.4) is 0 Å². The molecule has 0 heterocycles. The fourth-order valence-corrected chi connectivity index (χ4v) is 2.97. The van der Waals surface area contributed by atoms with Gasteiger partial charge in [0, 0.05) is 11.1 Å². The van der Waals surface area contributed by atoms with E-state index in [9.17, 15) is 0 Å². The maximum Gasteiger partial charge on any atom is 0.0377 e. The van der Waals surface area contributed by atoms with E-state index in [4.69, 9.17) is 0 Å². The number of nitrogens with one attached hydrogen (secondary N) is 2. The highest BCUT2D eigenvalue weighted by Crippen LogP contribution is 2.20. The average Bonchev–Trinajstić information content (AvgIpc) is 2.59. The zero-order valence-corrected chi connectivity index (χ0v) is 15.6. The molecular formula is C22H32N2. The number of benzene rings is 2. The molecule has 2 N–H and O–H groups in total. The summed E-state index contributed by atoms with van der Waals surface area (Å²) >= 11 is 0. The van der Waals surface area contributed by atoms with Crippen molar-refractivity contribution in [1.82, 2.24) is 10.6 Å². The first kappa shape index (κ1) is 18.7. The fraction of sp³-hybridized carbons (Fsp3) is 0.455. The van der Waals surface area contributed by atoms with Crippen molar-refractivity contribution in [2.75, 3.05) is 13.1 Å². The molecule has 0 amide bonds. The first-order valence-electron chi connectivity index (χ1n) is 9.03. The van der Waals surface area contributed by atoms with Gasteiger partial charge in [-0.1, -0.05) is 60.7 Å². The highest BCUT2D eigenvalue weighted by atomic mass is 15.0. The van der Waals surface area contributed by atoms with Crippen LogP contribution >= 0.6 is 0 Å². The number of rotatable bonds is 9. The molecule has 0 aliphatic heterocycles. The molecule has 0 aromatic heterocycles. The standard InChI is InChI=1S/C22H32N2/c1-21(2,19-13-7-5-8-14-19)23-17-11-12-18-24-22(3,4)20-15-9-6-10-16-20/h5-10,13-16,23-24H,11-12,17-18H2,1-4H3. The topological polar surface area (TPSA) is 24.1 Å². The Bertz CT molecular complexity index is 532. The summed E-state index contributed by atoms with van der Waals surface area (Å²) in [5.74, 6) is 0. The van der Waals surface area contributed by atoms with Crippen LogP contribution in [0, 0.1) is 0 Å². The Kier molecular flexibility index (Phi) is 6.59. The van der Waals surface area contributed by atoms with Gasteiger partial charge in [-0.15, -0.1) is 0 Å².